The molecule has 1 aromatic carbocycles. The lowest BCUT2D eigenvalue weighted by Crippen LogP contribution is -1.95. The Balaban J connectivity index is 1.94. The van der Waals surface area contributed by atoms with E-state index in [9.17, 15) is 0 Å². The predicted molar refractivity (Wildman–Crippen MR) is 97.0 cm³/mol. The summed E-state index contributed by atoms with van der Waals surface area (Å²) < 4.78 is 5.60. The fraction of sp³-hybridized carbons (Fsp3) is 0.619. The van der Waals surface area contributed by atoms with Crippen LogP contribution < -0.4 is 0 Å². The monoisotopic (exact) mass is 302 g/mol. The molecule has 0 spiro atoms. The Morgan fingerprint density at radius 1 is 0.955 bits per heavy atom. The SMILES string of the molecule is CCCCCCCCCC(C)C=COCCc1ccccc1. The highest BCUT2D eigenvalue weighted by Gasteiger charge is 1.98. The predicted octanol–water partition coefficient (Wildman–Crippen LogP) is 6.54. The first kappa shape index (κ1) is 18.8. The van der Waals surface area contributed by atoms with Gasteiger partial charge in [-0.2, -0.15) is 0 Å². The number of benzene rings is 1. The second kappa shape index (κ2) is 13.4. The van der Waals surface area contributed by atoms with Gasteiger partial charge < -0.3 is 4.74 Å². The number of hydrogen-bond donors (Lipinski definition) is 0. The zero-order valence-electron chi connectivity index (χ0n) is 14.6. The van der Waals surface area contributed by atoms with Crippen LogP contribution >= 0.6 is 0 Å². The van der Waals surface area contributed by atoms with Gasteiger partial charge >= 0.3 is 0 Å². The molecule has 1 aromatic rings. The second-order valence-corrected chi connectivity index (χ2v) is 6.32. The molecule has 0 fully saturated rings. The summed E-state index contributed by atoms with van der Waals surface area (Å²) in [5.41, 5.74) is 1.34. The molecule has 0 bridgehead atoms. The number of ether oxygens (including phenoxy) is 1. The van der Waals surface area contributed by atoms with Gasteiger partial charge in [-0.15, -0.1) is 0 Å². The molecule has 0 aliphatic rings. The Labute approximate surface area is 137 Å². The number of unbranched alkanes of at least 4 members (excludes halogenated alkanes) is 6. The maximum absolute atomic E-state index is 5.60. The zero-order chi connectivity index (χ0) is 15.9. The van der Waals surface area contributed by atoms with Crippen molar-refractivity contribution in [3.63, 3.8) is 0 Å². The minimum absolute atomic E-state index is 0.632. The lowest BCUT2D eigenvalue weighted by atomic mass is 10.0. The van der Waals surface area contributed by atoms with E-state index in [1.807, 2.05) is 6.26 Å². The van der Waals surface area contributed by atoms with Crippen LogP contribution in [0.1, 0.15) is 70.8 Å². The molecule has 124 valence electrons. The molecule has 0 aromatic heterocycles. The lowest BCUT2D eigenvalue weighted by Gasteiger charge is -2.06. The van der Waals surface area contributed by atoms with Crippen molar-refractivity contribution in [1.82, 2.24) is 0 Å². The van der Waals surface area contributed by atoms with E-state index in [2.05, 4.69) is 50.3 Å². The van der Waals surface area contributed by atoms with Crippen LogP contribution in [0.5, 0.6) is 0 Å². The summed E-state index contributed by atoms with van der Waals surface area (Å²) in [6, 6.07) is 10.5. The number of rotatable bonds is 13. The van der Waals surface area contributed by atoms with Crippen LogP contribution in [-0.4, -0.2) is 6.61 Å². The zero-order valence-corrected chi connectivity index (χ0v) is 14.6. The van der Waals surface area contributed by atoms with E-state index in [0.29, 0.717) is 5.92 Å². The van der Waals surface area contributed by atoms with Crippen molar-refractivity contribution in [3.05, 3.63) is 48.2 Å². The van der Waals surface area contributed by atoms with Crippen LogP contribution in [0.2, 0.25) is 0 Å². The average molecular weight is 303 g/mol. The van der Waals surface area contributed by atoms with E-state index in [1.165, 1.54) is 56.9 Å². The van der Waals surface area contributed by atoms with E-state index in [-0.39, 0.29) is 0 Å². The minimum atomic E-state index is 0.632. The molecule has 0 amide bonds. The van der Waals surface area contributed by atoms with Crippen molar-refractivity contribution in [3.8, 4) is 0 Å². The van der Waals surface area contributed by atoms with E-state index < -0.39 is 0 Å². The van der Waals surface area contributed by atoms with Crippen molar-refractivity contribution in [2.24, 2.45) is 5.92 Å². The molecular weight excluding hydrogens is 268 g/mol. The average Bonchev–Trinajstić information content (AvgIpc) is 2.54. The molecule has 0 aliphatic heterocycles. The highest BCUT2D eigenvalue weighted by atomic mass is 16.5. The minimum Gasteiger partial charge on any atom is -0.501 e. The molecule has 1 rings (SSSR count). The van der Waals surface area contributed by atoms with Gasteiger partial charge in [0.2, 0.25) is 0 Å². The van der Waals surface area contributed by atoms with E-state index in [1.54, 1.807) is 0 Å². The van der Waals surface area contributed by atoms with Gasteiger partial charge in [0.15, 0.2) is 0 Å². The summed E-state index contributed by atoms with van der Waals surface area (Å²) in [7, 11) is 0. The fourth-order valence-corrected chi connectivity index (χ4v) is 2.60. The largest absolute Gasteiger partial charge is 0.501 e. The maximum Gasteiger partial charge on any atom is 0.0913 e. The molecule has 0 radical (unpaired) electrons. The molecule has 1 atom stereocenters. The van der Waals surface area contributed by atoms with Crippen molar-refractivity contribution < 1.29 is 4.74 Å². The maximum atomic E-state index is 5.60. The van der Waals surface area contributed by atoms with Crippen LogP contribution in [0.25, 0.3) is 0 Å². The Morgan fingerprint density at radius 3 is 2.36 bits per heavy atom. The van der Waals surface area contributed by atoms with Crippen LogP contribution in [0, 0.1) is 5.92 Å². The summed E-state index contributed by atoms with van der Waals surface area (Å²) >= 11 is 0. The summed E-state index contributed by atoms with van der Waals surface area (Å²) in [6.07, 6.45) is 16.1. The summed E-state index contributed by atoms with van der Waals surface area (Å²) in [5, 5.41) is 0. The second-order valence-electron chi connectivity index (χ2n) is 6.32. The standard InChI is InChI=1S/C21H34O/c1-3-4-5-6-7-8-10-13-20(2)16-18-22-19-17-21-14-11-9-12-15-21/h9,11-12,14-16,18,20H,3-8,10,13,17,19H2,1-2H3. The normalized spacial score (nSPS) is 12.6. The van der Waals surface area contributed by atoms with Crippen LogP contribution in [0.15, 0.2) is 42.7 Å². The summed E-state index contributed by atoms with van der Waals surface area (Å²) in [4.78, 5) is 0. The number of hydrogen-bond acceptors (Lipinski definition) is 1. The molecule has 0 N–H and O–H groups in total. The Morgan fingerprint density at radius 2 is 1.64 bits per heavy atom. The molecule has 1 unspecified atom stereocenters. The molecule has 0 heterocycles. The first-order valence-corrected chi connectivity index (χ1v) is 9.15. The van der Waals surface area contributed by atoms with E-state index >= 15 is 0 Å². The van der Waals surface area contributed by atoms with Gasteiger partial charge in [0, 0.05) is 6.42 Å². The van der Waals surface area contributed by atoms with Crippen LogP contribution in [0.4, 0.5) is 0 Å². The van der Waals surface area contributed by atoms with Gasteiger partial charge in [-0.25, -0.2) is 0 Å². The molecule has 22 heavy (non-hydrogen) atoms. The summed E-state index contributed by atoms with van der Waals surface area (Å²) in [6.45, 7) is 5.33. The Hall–Kier alpha value is -1.24. The number of allylic oxidation sites excluding steroid dienone is 1. The highest BCUT2D eigenvalue weighted by molar-refractivity contribution is 5.14. The van der Waals surface area contributed by atoms with E-state index in [4.69, 9.17) is 4.74 Å². The van der Waals surface area contributed by atoms with Crippen LogP contribution in [-0.2, 0) is 11.2 Å². The third-order valence-electron chi connectivity index (χ3n) is 4.12. The lowest BCUT2D eigenvalue weighted by molar-refractivity contribution is 0.251. The molecular formula is C21H34O. The quantitative estimate of drug-likeness (QED) is 0.297. The molecule has 1 nitrogen and oxygen atoms in total. The van der Waals surface area contributed by atoms with Crippen molar-refractivity contribution in [2.45, 2.75) is 71.6 Å². The van der Waals surface area contributed by atoms with Gasteiger partial charge in [-0.05, 0) is 24.0 Å². The Kier molecular flexibility index (Phi) is 11.5. The van der Waals surface area contributed by atoms with Gasteiger partial charge in [-0.3, -0.25) is 0 Å². The third-order valence-corrected chi connectivity index (χ3v) is 4.12. The fourth-order valence-electron chi connectivity index (χ4n) is 2.60. The van der Waals surface area contributed by atoms with Gasteiger partial charge in [0.25, 0.3) is 0 Å². The third kappa shape index (κ3) is 10.5. The molecule has 0 aliphatic carbocycles. The van der Waals surface area contributed by atoms with Crippen molar-refractivity contribution >= 4 is 0 Å². The van der Waals surface area contributed by atoms with Crippen molar-refractivity contribution in [1.29, 1.82) is 0 Å². The van der Waals surface area contributed by atoms with E-state index in [0.717, 1.165) is 13.0 Å². The van der Waals surface area contributed by atoms with Gasteiger partial charge in [-0.1, -0.05) is 89.1 Å². The first-order valence-electron chi connectivity index (χ1n) is 9.15. The molecule has 1 heteroatoms. The molecule has 0 saturated heterocycles. The highest BCUT2D eigenvalue weighted by Crippen LogP contribution is 2.13. The van der Waals surface area contributed by atoms with Crippen molar-refractivity contribution in [2.75, 3.05) is 6.61 Å². The smallest absolute Gasteiger partial charge is 0.0913 e. The van der Waals surface area contributed by atoms with Gasteiger partial charge in [0.05, 0.1) is 12.9 Å². The first-order chi connectivity index (χ1) is 10.8. The molecule has 0 saturated carbocycles. The summed E-state index contributed by atoms with van der Waals surface area (Å²) in [5.74, 6) is 0.632. The van der Waals surface area contributed by atoms with Crippen LogP contribution in [0.3, 0.4) is 0 Å². The van der Waals surface area contributed by atoms with Gasteiger partial charge in [0.1, 0.15) is 0 Å². The Bertz CT molecular complexity index is 369. The topological polar surface area (TPSA) is 9.23 Å².